The second kappa shape index (κ2) is 18.7. The Morgan fingerprint density at radius 3 is 1.68 bits per heavy atom. The lowest BCUT2D eigenvalue weighted by Crippen LogP contribution is -2.25. The molecule has 0 aliphatic heterocycles. The van der Waals surface area contributed by atoms with Gasteiger partial charge >= 0.3 is 0 Å². The normalized spacial score (nSPS) is 11.6. The van der Waals surface area contributed by atoms with E-state index in [2.05, 4.69) is 54.1 Å². The van der Waals surface area contributed by atoms with Crippen LogP contribution in [0.1, 0.15) is 128 Å². The Morgan fingerprint density at radius 1 is 0.605 bits per heavy atom. The second-order valence-electron chi connectivity index (χ2n) is 10.9. The molecule has 1 heterocycles. The van der Waals surface area contributed by atoms with E-state index >= 15 is 0 Å². The van der Waals surface area contributed by atoms with Crippen molar-refractivity contribution in [3.8, 4) is 0 Å². The van der Waals surface area contributed by atoms with E-state index in [1.807, 2.05) is 30.3 Å². The van der Waals surface area contributed by atoms with Gasteiger partial charge in [0, 0.05) is 24.9 Å². The highest BCUT2D eigenvalue weighted by Gasteiger charge is 2.07. The van der Waals surface area contributed by atoms with Gasteiger partial charge in [-0.05, 0) is 48.7 Å². The summed E-state index contributed by atoms with van der Waals surface area (Å²) in [6.45, 7) is 6.93. The average Bonchev–Trinajstić information content (AvgIpc) is 3.37. The first-order valence-corrected chi connectivity index (χ1v) is 15.7. The summed E-state index contributed by atoms with van der Waals surface area (Å²) in [5.41, 5.74) is 4.27. The van der Waals surface area contributed by atoms with Crippen LogP contribution in [0.2, 0.25) is 0 Å². The lowest BCUT2D eigenvalue weighted by atomic mass is 10.1. The van der Waals surface area contributed by atoms with Gasteiger partial charge in [0.25, 0.3) is 0 Å². The molecule has 0 fully saturated rings. The highest BCUT2D eigenvalue weighted by molar-refractivity contribution is 5.76. The molecule has 0 saturated carbocycles. The minimum atomic E-state index is 0.654. The van der Waals surface area contributed by atoms with Crippen molar-refractivity contribution in [1.29, 1.82) is 0 Å². The Labute approximate surface area is 232 Å². The number of benzene rings is 2. The number of hydrogen-bond donors (Lipinski definition) is 0. The first-order valence-electron chi connectivity index (χ1n) is 15.7. The summed E-state index contributed by atoms with van der Waals surface area (Å²) in [5, 5.41) is 0. The van der Waals surface area contributed by atoms with Crippen molar-refractivity contribution in [2.45, 2.75) is 117 Å². The lowest BCUT2D eigenvalue weighted by Gasteiger charge is -2.25. The Bertz CT molecular complexity index is 967. The maximum absolute atomic E-state index is 5.83. The van der Waals surface area contributed by atoms with E-state index in [9.17, 15) is 0 Å². The number of oxazole rings is 1. The molecular weight excluding hydrogens is 464 g/mol. The van der Waals surface area contributed by atoms with E-state index in [1.54, 1.807) is 0 Å². The molecule has 0 saturated heterocycles. The van der Waals surface area contributed by atoms with E-state index < -0.39 is 0 Å². The predicted octanol–water partition coefficient (Wildman–Crippen LogP) is 11.1. The summed E-state index contributed by atoms with van der Waals surface area (Å²) >= 11 is 0. The van der Waals surface area contributed by atoms with Gasteiger partial charge in [0.2, 0.25) is 5.89 Å². The number of fused-ring (bicyclic) bond motifs is 1. The minimum absolute atomic E-state index is 0.654. The molecule has 38 heavy (non-hydrogen) atoms. The zero-order chi connectivity index (χ0) is 26.7. The minimum Gasteiger partial charge on any atom is -0.437 e. The lowest BCUT2D eigenvalue weighted by molar-refractivity contribution is 0.555. The van der Waals surface area contributed by atoms with Gasteiger partial charge in [0.15, 0.2) is 5.58 Å². The Kier molecular flexibility index (Phi) is 14.7. The zero-order valence-corrected chi connectivity index (χ0v) is 24.3. The fourth-order valence-corrected chi connectivity index (χ4v) is 5.17. The third kappa shape index (κ3) is 11.5. The van der Waals surface area contributed by atoms with Crippen molar-refractivity contribution in [3.63, 3.8) is 0 Å². The number of para-hydroxylation sites is 2. The average molecular weight is 517 g/mol. The molecule has 0 unspecified atom stereocenters. The second-order valence-corrected chi connectivity index (χ2v) is 10.9. The molecule has 3 nitrogen and oxygen atoms in total. The predicted molar refractivity (Wildman–Crippen MR) is 167 cm³/mol. The molecule has 3 aromatic rings. The van der Waals surface area contributed by atoms with Crippen molar-refractivity contribution < 1.29 is 4.42 Å². The van der Waals surface area contributed by atoms with Crippen LogP contribution in [-0.2, 0) is 0 Å². The molecule has 3 rings (SSSR count). The summed E-state index contributed by atoms with van der Waals surface area (Å²) in [6.07, 6.45) is 26.0. The van der Waals surface area contributed by atoms with Gasteiger partial charge in [-0.1, -0.05) is 128 Å². The molecule has 0 spiro atoms. The summed E-state index contributed by atoms with van der Waals surface area (Å²) in [5.74, 6) is 0.654. The first kappa shape index (κ1) is 30.0. The third-order valence-corrected chi connectivity index (χ3v) is 7.55. The van der Waals surface area contributed by atoms with Gasteiger partial charge in [-0.3, -0.25) is 0 Å². The van der Waals surface area contributed by atoms with E-state index in [4.69, 9.17) is 4.42 Å². The molecule has 3 heteroatoms. The summed E-state index contributed by atoms with van der Waals surface area (Å²) in [6, 6.07) is 16.9. The number of unbranched alkanes of at least 4 members (excludes halogenated alkanes) is 14. The molecule has 0 bridgehead atoms. The van der Waals surface area contributed by atoms with E-state index in [1.165, 1.54) is 127 Å². The molecule has 208 valence electrons. The summed E-state index contributed by atoms with van der Waals surface area (Å²) < 4.78 is 5.83. The van der Waals surface area contributed by atoms with Crippen molar-refractivity contribution in [2.24, 2.45) is 0 Å². The number of rotatable bonds is 21. The fourth-order valence-electron chi connectivity index (χ4n) is 5.17. The van der Waals surface area contributed by atoms with Crippen LogP contribution >= 0.6 is 0 Å². The largest absolute Gasteiger partial charge is 0.437 e. The van der Waals surface area contributed by atoms with Crippen LogP contribution in [0.15, 0.2) is 52.9 Å². The molecule has 0 N–H and O–H groups in total. The van der Waals surface area contributed by atoms with Crippen LogP contribution in [0.5, 0.6) is 0 Å². The maximum atomic E-state index is 5.83. The standard InChI is InChI=1S/C35H52N2O/c1-3-5-7-9-11-13-15-19-29-37(30-20-16-14-12-10-8-6-4-2)32-26-23-31(24-27-32)25-28-35-36-33-21-17-18-22-34(33)38-35/h17-18,21-28H,3-16,19-20,29-30H2,1-2H3. The van der Waals surface area contributed by atoms with Crippen LogP contribution in [0.3, 0.4) is 0 Å². The maximum Gasteiger partial charge on any atom is 0.220 e. The molecule has 0 amide bonds. The molecule has 0 aliphatic carbocycles. The van der Waals surface area contributed by atoms with Crippen molar-refractivity contribution in [3.05, 3.63) is 60.0 Å². The van der Waals surface area contributed by atoms with Gasteiger partial charge in [-0.2, -0.15) is 0 Å². The number of nitrogens with zero attached hydrogens (tertiary/aromatic N) is 2. The first-order chi connectivity index (χ1) is 18.8. The fraction of sp³-hybridized carbons (Fsp3) is 0.571. The Morgan fingerprint density at radius 2 is 1.13 bits per heavy atom. The summed E-state index contributed by atoms with van der Waals surface area (Å²) in [7, 11) is 0. The number of aromatic nitrogens is 1. The van der Waals surface area contributed by atoms with Gasteiger partial charge in [-0.15, -0.1) is 0 Å². The van der Waals surface area contributed by atoms with Gasteiger partial charge in [0.1, 0.15) is 5.52 Å². The van der Waals surface area contributed by atoms with E-state index in [0.29, 0.717) is 5.89 Å². The van der Waals surface area contributed by atoms with Gasteiger partial charge < -0.3 is 9.32 Å². The van der Waals surface area contributed by atoms with E-state index in [0.717, 1.165) is 11.1 Å². The Hall–Kier alpha value is -2.55. The topological polar surface area (TPSA) is 29.3 Å². The van der Waals surface area contributed by atoms with Crippen LogP contribution in [0.4, 0.5) is 5.69 Å². The van der Waals surface area contributed by atoms with Crippen LogP contribution in [0, 0.1) is 0 Å². The smallest absolute Gasteiger partial charge is 0.220 e. The molecule has 0 atom stereocenters. The molecule has 2 aromatic carbocycles. The number of hydrogen-bond acceptors (Lipinski definition) is 3. The Balaban J connectivity index is 1.48. The molecular formula is C35H52N2O. The highest BCUT2D eigenvalue weighted by atomic mass is 16.3. The summed E-state index contributed by atoms with van der Waals surface area (Å²) in [4.78, 5) is 7.18. The zero-order valence-electron chi connectivity index (χ0n) is 24.3. The molecule has 1 aromatic heterocycles. The van der Waals surface area contributed by atoms with Crippen LogP contribution in [0.25, 0.3) is 23.3 Å². The SMILES string of the molecule is CCCCCCCCCCN(CCCCCCCCCC)c1ccc(C=Cc2nc3ccccc3o2)cc1. The van der Waals surface area contributed by atoms with Gasteiger partial charge in [0.05, 0.1) is 0 Å². The van der Waals surface area contributed by atoms with Crippen molar-refractivity contribution in [1.82, 2.24) is 4.98 Å². The van der Waals surface area contributed by atoms with Crippen LogP contribution < -0.4 is 4.90 Å². The quantitative estimate of drug-likeness (QED) is 0.132. The van der Waals surface area contributed by atoms with Gasteiger partial charge in [-0.25, -0.2) is 4.98 Å². The number of anilines is 1. The van der Waals surface area contributed by atoms with Crippen molar-refractivity contribution in [2.75, 3.05) is 18.0 Å². The molecule has 0 aliphatic rings. The molecule has 0 radical (unpaired) electrons. The monoisotopic (exact) mass is 516 g/mol. The van der Waals surface area contributed by atoms with E-state index in [-0.39, 0.29) is 0 Å². The third-order valence-electron chi connectivity index (χ3n) is 7.55. The van der Waals surface area contributed by atoms with Crippen molar-refractivity contribution >= 4 is 28.9 Å². The highest BCUT2D eigenvalue weighted by Crippen LogP contribution is 2.21. The van der Waals surface area contributed by atoms with Crippen LogP contribution in [-0.4, -0.2) is 18.1 Å².